The van der Waals surface area contributed by atoms with Gasteiger partial charge < -0.3 is 0 Å². The number of carbonyl (C=O) groups is 2. The highest BCUT2D eigenvalue weighted by molar-refractivity contribution is 8.26. The number of allylic oxidation sites excluding steroid dienone is 2. The molecule has 0 aliphatic carbocycles. The molecule has 2 aromatic rings. The van der Waals surface area contributed by atoms with Crippen molar-refractivity contribution >= 4 is 62.7 Å². The van der Waals surface area contributed by atoms with Crippen molar-refractivity contribution in [3.8, 4) is 0 Å². The summed E-state index contributed by atoms with van der Waals surface area (Å²) in [4.78, 5) is 26.7. The number of thioether (sulfide) groups is 1. The number of amides is 2. The average molecular weight is 445 g/mol. The van der Waals surface area contributed by atoms with Crippen molar-refractivity contribution in [3.63, 3.8) is 0 Å². The Kier molecular flexibility index (Phi) is 7.68. The Morgan fingerprint density at radius 3 is 2.83 bits per heavy atom. The highest BCUT2D eigenvalue weighted by atomic mass is 32.2. The number of unbranched alkanes of at least 4 members (excludes halogenated alkanes) is 1. The molecular formula is C20H20N4O2S3. The summed E-state index contributed by atoms with van der Waals surface area (Å²) in [6.07, 6.45) is 8.38. The molecule has 0 radical (unpaired) electrons. The molecule has 0 bridgehead atoms. The molecular weight excluding hydrogens is 424 g/mol. The first-order valence-corrected chi connectivity index (χ1v) is 11.2. The fourth-order valence-electron chi connectivity index (χ4n) is 2.50. The number of hydrogen-bond donors (Lipinski definition) is 1. The quantitative estimate of drug-likeness (QED) is 0.484. The summed E-state index contributed by atoms with van der Waals surface area (Å²) in [5.74, 6) is -0.616. The van der Waals surface area contributed by atoms with Crippen molar-refractivity contribution < 1.29 is 9.59 Å². The Hall–Kier alpha value is -2.36. The maximum absolute atomic E-state index is 12.6. The van der Waals surface area contributed by atoms with Gasteiger partial charge in [-0.2, -0.15) is 0 Å². The fourth-order valence-corrected chi connectivity index (χ4v) is 4.50. The predicted molar refractivity (Wildman–Crippen MR) is 123 cm³/mol. The van der Waals surface area contributed by atoms with Gasteiger partial charge in [0.2, 0.25) is 11.0 Å². The Labute approximate surface area is 183 Å². The van der Waals surface area contributed by atoms with Gasteiger partial charge in [-0.1, -0.05) is 91.1 Å². The van der Waals surface area contributed by atoms with Gasteiger partial charge >= 0.3 is 0 Å². The fraction of sp³-hybridized carbons (Fsp3) is 0.250. The highest BCUT2D eigenvalue weighted by Crippen LogP contribution is 2.31. The van der Waals surface area contributed by atoms with Crippen LogP contribution in [0, 0.1) is 0 Å². The van der Waals surface area contributed by atoms with Crippen LogP contribution in [0.1, 0.15) is 30.3 Å². The summed E-state index contributed by atoms with van der Waals surface area (Å²) >= 11 is 7.82. The SMILES string of the molecule is CCCCc1nnc(NC(=O)CN2C(=O)/C(=C/C=C/c3ccccc3)SC2=S)s1. The van der Waals surface area contributed by atoms with Crippen molar-refractivity contribution in [2.45, 2.75) is 26.2 Å². The second kappa shape index (κ2) is 10.4. The first-order chi connectivity index (χ1) is 14.1. The van der Waals surface area contributed by atoms with E-state index >= 15 is 0 Å². The number of thiocarbonyl (C=S) groups is 1. The molecule has 1 aromatic carbocycles. The third kappa shape index (κ3) is 6.06. The first kappa shape index (κ1) is 21.4. The number of nitrogens with zero attached hydrogens (tertiary/aromatic N) is 3. The molecule has 0 spiro atoms. The van der Waals surface area contributed by atoms with E-state index in [1.165, 1.54) is 28.0 Å². The van der Waals surface area contributed by atoms with Crippen molar-refractivity contribution in [2.24, 2.45) is 0 Å². The topological polar surface area (TPSA) is 75.2 Å². The average Bonchev–Trinajstić information content (AvgIpc) is 3.26. The number of aryl methyl sites for hydroxylation is 1. The zero-order valence-electron chi connectivity index (χ0n) is 15.8. The monoisotopic (exact) mass is 444 g/mol. The molecule has 29 heavy (non-hydrogen) atoms. The second-order valence-electron chi connectivity index (χ2n) is 6.21. The van der Waals surface area contributed by atoms with Crippen molar-refractivity contribution in [1.29, 1.82) is 0 Å². The number of aromatic nitrogens is 2. The molecule has 0 saturated carbocycles. The van der Waals surface area contributed by atoms with Gasteiger partial charge in [-0.05, 0) is 18.1 Å². The zero-order chi connectivity index (χ0) is 20.6. The van der Waals surface area contributed by atoms with E-state index in [-0.39, 0.29) is 18.4 Å². The van der Waals surface area contributed by atoms with E-state index in [0.717, 1.165) is 29.8 Å². The molecule has 1 aliphatic rings. The Bertz CT molecular complexity index is 954. The lowest BCUT2D eigenvalue weighted by Crippen LogP contribution is -2.36. The second-order valence-corrected chi connectivity index (χ2v) is 8.95. The molecule has 1 N–H and O–H groups in total. The molecule has 0 unspecified atom stereocenters. The molecule has 6 nitrogen and oxygen atoms in total. The summed E-state index contributed by atoms with van der Waals surface area (Å²) in [7, 11) is 0. The van der Waals surface area contributed by atoms with Gasteiger partial charge in [0.05, 0.1) is 4.91 Å². The maximum Gasteiger partial charge on any atom is 0.266 e. The van der Waals surface area contributed by atoms with E-state index < -0.39 is 0 Å². The van der Waals surface area contributed by atoms with Gasteiger partial charge in [-0.15, -0.1) is 10.2 Å². The molecule has 9 heteroatoms. The molecule has 2 amide bonds. The van der Waals surface area contributed by atoms with Gasteiger partial charge in [0, 0.05) is 6.42 Å². The van der Waals surface area contributed by atoms with Crippen molar-refractivity contribution in [3.05, 3.63) is 58.0 Å². The van der Waals surface area contributed by atoms with Gasteiger partial charge in [0.25, 0.3) is 5.91 Å². The van der Waals surface area contributed by atoms with Crippen LogP contribution < -0.4 is 5.32 Å². The van der Waals surface area contributed by atoms with Crippen LogP contribution in [-0.4, -0.2) is 37.8 Å². The Morgan fingerprint density at radius 1 is 1.28 bits per heavy atom. The number of carbonyl (C=O) groups excluding carboxylic acids is 2. The van der Waals surface area contributed by atoms with E-state index in [1.54, 1.807) is 12.2 Å². The molecule has 3 rings (SSSR count). The van der Waals surface area contributed by atoms with Crippen LogP contribution >= 0.6 is 35.3 Å². The zero-order valence-corrected chi connectivity index (χ0v) is 18.3. The third-order valence-electron chi connectivity index (χ3n) is 3.97. The minimum atomic E-state index is -0.347. The number of nitrogens with one attached hydrogen (secondary N) is 1. The Balaban J connectivity index is 1.56. The molecule has 150 valence electrons. The van der Waals surface area contributed by atoms with Crippen LogP contribution in [0.2, 0.25) is 0 Å². The van der Waals surface area contributed by atoms with Crippen LogP contribution in [0.5, 0.6) is 0 Å². The smallest absolute Gasteiger partial charge is 0.266 e. The van der Waals surface area contributed by atoms with E-state index in [0.29, 0.717) is 14.4 Å². The summed E-state index contributed by atoms with van der Waals surface area (Å²) in [5.41, 5.74) is 1.04. The highest BCUT2D eigenvalue weighted by Gasteiger charge is 2.33. The summed E-state index contributed by atoms with van der Waals surface area (Å²) in [5, 5.41) is 12.1. The molecule has 1 saturated heterocycles. The summed E-state index contributed by atoms with van der Waals surface area (Å²) in [6.45, 7) is 1.96. The number of benzene rings is 1. The lowest BCUT2D eigenvalue weighted by Gasteiger charge is -2.12. The molecule has 0 atom stereocenters. The van der Waals surface area contributed by atoms with Crippen LogP contribution in [0.15, 0.2) is 47.4 Å². The Morgan fingerprint density at radius 2 is 2.07 bits per heavy atom. The van der Waals surface area contributed by atoms with Crippen LogP contribution in [0.3, 0.4) is 0 Å². The number of rotatable bonds is 8. The number of hydrogen-bond acceptors (Lipinski definition) is 7. The summed E-state index contributed by atoms with van der Waals surface area (Å²) < 4.78 is 0.366. The standard InChI is InChI=1S/C20H20N4O2S3/c1-2-3-12-17-22-23-19(29-17)21-16(25)13-24-18(26)15(28-20(24)27)11-7-10-14-8-5-4-6-9-14/h4-11H,2-3,12-13H2,1H3,(H,21,23,25)/b10-7+,15-11-. The largest absolute Gasteiger partial charge is 0.299 e. The van der Waals surface area contributed by atoms with E-state index in [1.807, 2.05) is 36.4 Å². The molecule has 1 aromatic heterocycles. The van der Waals surface area contributed by atoms with E-state index in [4.69, 9.17) is 12.2 Å². The van der Waals surface area contributed by atoms with Gasteiger partial charge in [0.15, 0.2) is 0 Å². The van der Waals surface area contributed by atoms with E-state index in [9.17, 15) is 9.59 Å². The predicted octanol–water partition coefficient (Wildman–Crippen LogP) is 4.28. The van der Waals surface area contributed by atoms with Crippen molar-refractivity contribution in [2.75, 3.05) is 11.9 Å². The molecule has 2 heterocycles. The molecule has 1 fully saturated rings. The molecule has 1 aliphatic heterocycles. The van der Waals surface area contributed by atoms with Crippen LogP contribution in [0.4, 0.5) is 5.13 Å². The van der Waals surface area contributed by atoms with Crippen molar-refractivity contribution in [1.82, 2.24) is 15.1 Å². The van der Waals surface area contributed by atoms with Crippen LogP contribution in [-0.2, 0) is 16.0 Å². The van der Waals surface area contributed by atoms with E-state index in [2.05, 4.69) is 22.4 Å². The third-order valence-corrected chi connectivity index (χ3v) is 6.26. The first-order valence-electron chi connectivity index (χ1n) is 9.16. The number of anilines is 1. The lowest BCUT2D eigenvalue weighted by atomic mass is 10.2. The minimum absolute atomic E-state index is 0.145. The maximum atomic E-state index is 12.6. The minimum Gasteiger partial charge on any atom is -0.299 e. The lowest BCUT2D eigenvalue weighted by molar-refractivity contribution is -0.126. The van der Waals surface area contributed by atoms with Gasteiger partial charge in [0.1, 0.15) is 15.9 Å². The normalized spacial score (nSPS) is 15.6. The summed E-state index contributed by atoms with van der Waals surface area (Å²) in [6, 6.07) is 9.79. The van der Waals surface area contributed by atoms with Gasteiger partial charge in [-0.3, -0.25) is 19.8 Å². The van der Waals surface area contributed by atoms with Gasteiger partial charge in [-0.25, -0.2) is 0 Å². The van der Waals surface area contributed by atoms with Crippen LogP contribution in [0.25, 0.3) is 6.08 Å².